The first-order valence-corrected chi connectivity index (χ1v) is 15.6. The Morgan fingerprint density at radius 2 is 1.56 bits per heavy atom. The number of fused-ring (bicyclic) bond motifs is 1. The van der Waals surface area contributed by atoms with Crippen molar-refractivity contribution in [3.05, 3.63) is 137 Å². The Hall–Kier alpha value is -4.35. The van der Waals surface area contributed by atoms with Crippen LogP contribution in [0.1, 0.15) is 71.8 Å². The first-order chi connectivity index (χ1) is 21.1. The molecule has 4 aromatic carbocycles. The molecular weight excluding hydrogens is 530 g/mol. The van der Waals surface area contributed by atoms with Crippen LogP contribution >= 0.6 is 0 Å². The van der Waals surface area contributed by atoms with Crippen LogP contribution < -0.4 is 15.4 Å². The lowest BCUT2D eigenvalue weighted by Crippen LogP contribution is -2.33. The van der Waals surface area contributed by atoms with Crippen molar-refractivity contribution in [2.24, 2.45) is 0 Å². The third kappa shape index (κ3) is 6.52. The van der Waals surface area contributed by atoms with Gasteiger partial charge in [-0.1, -0.05) is 91.0 Å². The number of carbonyl (C=O) groups is 1. The molecule has 1 fully saturated rings. The van der Waals surface area contributed by atoms with Crippen molar-refractivity contribution in [1.82, 2.24) is 15.2 Å². The highest BCUT2D eigenvalue weighted by Gasteiger charge is 2.30. The summed E-state index contributed by atoms with van der Waals surface area (Å²) in [6.07, 6.45) is 3.39. The molecule has 5 aromatic rings. The number of hydrogen-bond donors (Lipinski definition) is 2. The molecule has 1 aliphatic heterocycles. The zero-order valence-electron chi connectivity index (χ0n) is 25.1. The van der Waals surface area contributed by atoms with Gasteiger partial charge >= 0.3 is 0 Å². The van der Waals surface area contributed by atoms with Crippen molar-refractivity contribution >= 4 is 16.8 Å². The standard InChI is InChI=1S/C38H41N3O2/c1-27(2)40-38(42)37-36(33-17-9-10-18-34(33)41(37)25-23-31-16-11-24-39-31)35(29-14-7-4-8-15-29)30-19-21-32(22-20-30)43-26-28-12-5-3-6-13-28/h3-10,12-15,17-22,27,31,35,39H,11,16,23-26H2,1-2H3,(H,40,42). The van der Waals surface area contributed by atoms with Gasteiger partial charge in [0.05, 0.1) is 0 Å². The van der Waals surface area contributed by atoms with E-state index in [0.29, 0.717) is 12.6 Å². The summed E-state index contributed by atoms with van der Waals surface area (Å²) in [6.45, 7) is 6.42. The summed E-state index contributed by atoms with van der Waals surface area (Å²) in [5, 5.41) is 7.99. The normalized spacial score (nSPS) is 15.6. The molecule has 0 spiro atoms. The van der Waals surface area contributed by atoms with Crippen LogP contribution in [0.25, 0.3) is 10.9 Å². The topological polar surface area (TPSA) is 55.3 Å². The maximum Gasteiger partial charge on any atom is 0.268 e. The summed E-state index contributed by atoms with van der Waals surface area (Å²) in [5.41, 5.74) is 6.32. The van der Waals surface area contributed by atoms with Gasteiger partial charge < -0.3 is 19.9 Å². The van der Waals surface area contributed by atoms with Crippen molar-refractivity contribution < 1.29 is 9.53 Å². The van der Waals surface area contributed by atoms with Crippen LogP contribution in [0.2, 0.25) is 0 Å². The van der Waals surface area contributed by atoms with Crippen LogP contribution in [-0.4, -0.2) is 29.1 Å². The number of aromatic nitrogens is 1. The van der Waals surface area contributed by atoms with E-state index in [9.17, 15) is 4.79 Å². The predicted molar refractivity (Wildman–Crippen MR) is 175 cm³/mol. The molecule has 6 rings (SSSR count). The van der Waals surface area contributed by atoms with Crippen molar-refractivity contribution in [3.63, 3.8) is 0 Å². The van der Waals surface area contributed by atoms with E-state index in [4.69, 9.17) is 4.74 Å². The van der Waals surface area contributed by atoms with E-state index in [1.807, 2.05) is 50.2 Å². The molecule has 1 saturated heterocycles. The molecule has 220 valence electrons. The van der Waals surface area contributed by atoms with E-state index >= 15 is 0 Å². The molecule has 0 bridgehead atoms. The molecule has 2 unspecified atom stereocenters. The molecule has 0 saturated carbocycles. The van der Waals surface area contributed by atoms with Gasteiger partial charge in [-0.3, -0.25) is 4.79 Å². The summed E-state index contributed by atoms with van der Waals surface area (Å²) in [7, 11) is 0. The van der Waals surface area contributed by atoms with Gasteiger partial charge in [-0.05, 0) is 74.5 Å². The van der Waals surface area contributed by atoms with Crippen LogP contribution in [0, 0.1) is 0 Å². The molecule has 2 N–H and O–H groups in total. The SMILES string of the molecule is CC(C)NC(=O)c1c(C(c2ccccc2)c2ccc(OCc3ccccc3)cc2)c2ccccc2n1CCC1CCCN1. The van der Waals surface area contributed by atoms with Gasteiger partial charge in [0.2, 0.25) is 0 Å². The summed E-state index contributed by atoms with van der Waals surface area (Å²) in [5.74, 6) is 0.668. The summed E-state index contributed by atoms with van der Waals surface area (Å²) in [6, 6.07) is 38.2. The second-order valence-corrected chi connectivity index (χ2v) is 11.8. The van der Waals surface area contributed by atoms with E-state index < -0.39 is 0 Å². The minimum atomic E-state index is -0.131. The maximum absolute atomic E-state index is 14.1. The number of nitrogens with zero attached hydrogens (tertiary/aromatic N) is 1. The molecule has 0 aliphatic carbocycles. The fourth-order valence-electron chi connectivity index (χ4n) is 6.39. The van der Waals surface area contributed by atoms with Crippen LogP contribution in [0.5, 0.6) is 5.75 Å². The third-order valence-electron chi connectivity index (χ3n) is 8.39. The third-order valence-corrected chi connectivity index (χ3v) is 8.39. The molecule has 0 radical (unpaired) electrons. The highest BCUT2D eigenvalue weighted by molar-refractivity contribution is 6.03. The number of nitrogens with one attached hydrogen (secondary N) is 2. The average molecular weight is 572 g/mol. The fraction of sp³-hybridized carbons (Fsp3) is 0.289. The quantitative estimate of drug-likeness (QED) is 0.171. The summed E-state index contributed by atoms with van der Waals surface area (Å²) < 4.78 is 8.40. The molecule has 5 nitrogen and oxygen atoms in total. The van der Waals surface area contributed by atoms with Gasteiger partial charge in [0, 0.05) is 41.0 Å². The van der Waals surface area contributed by atoms with Gasteiger partial charge in [-0.2, -0.15) is 0 Å². The predicted octanol–water partition coefficient (Wildman–Crippen LogP) is 7.68. The lowest BCUT2D eigenvalue weighted by molar-refractivity contribution is 0.0932. The number of para-hydroxylation sites is 1. The Morgan fingerprint density at radius 3 is 2.26 bits per heavy atom. The Labute approximate surface area is 254 Å². The molecule has 1 aliphatic rings. The molecule has 1 aromatic heterocycles. The maximum atomic E-state index is 14.1. The van der Waals surface area contributed by atoms with Crippen LogP contribution in [0.15, 0.2) is 109 Å². The van der Waals surface area contributed by atoms with E-state index in [0.717, 1.165) is 64.1 Å². The van der Waals surface area contributed by atoms with Gasteiger partial charge in [0.15, 0.2) is 0 Å². The van der Waals surface area contributed by atoms with E-state index in [2.05, 4.69) is 88.0 Å². The first-order valence-electron chi connectivity index (χ1n) is 15.6. The van der Waals surface area contributed by atoms with Crippen molar-refractivity contribution in [2.45, 2.75) is 64.3 Å². The van der Waals surface area contributed by atoms with Crippen molar-refractivity contribution in [3.8, 4) is 5.75 Å². The van der Waals surface area contributed by atoms with Gasteiger partial charge in [0.25, 0.3) is 5.91 Å². The highest BCUT2D eigenvalue weighted by atomic mass is 16.5. The second kappa shape index (κ2) is 13.3. The molecular formula is C38H41N3O2. The van der Waals surface area contributed by atoms with Crippen LogP contribution in [0.4, 0.5) is 0 Å². The van der Waals surface area contributed by atoms with Crippen molar-refractivity contribution in [1.29, 1.82) is 0 Å². The second-order valence-electron chi connectivity index (χ2n) is 11.8. The van der Waals surface area contributed by atoms with E-state index in [1.165, 1.54) is 12.8 Å². The number of aryl methyl sites for hydroxylation is 1. The first kappa shape index (κ1) is 28.8. The number of carbonyl (C=O) groups excluding carboxylic acids is 1. The zero-order valence-corrected chi connectivity index (χ0v) is 25.1. The Bertz CT molecular complexity index is 1640. The van der Waals surface area contributed by atoms with Crippen LogP contribution in [0.3, 0.4) is 0 Å². The molecule has 2 heterocycles. The molecule has 43 heavy (non-hydrogen) atoms. The minimum absolute atomic E-state index is 0.0238. The average Bonchev–Trinajstić information content (AvgIpc) is 3.67. The number of hydrogen-bond acceptors (Lipinski definition) is 3. The van der Waals surface area contributed by atoms with Gasteiger partial charge in [-0.25, -0.2) is 0 Å². The summed E-state index contributed by atoms with van der Waals surface area (Å²) >= 11 is 0. The van der Waals surface area contributed by atoms with E-state index in [1.54, 1.807) is 0 Å². The molecule has 2 atom stereocenters. The number of amides is 1. The highest BCUT2D eigenvalue weighted by Crippen LogP contribution is 2.41. The lowest BCUT2D eigenvalue weighted by Gasteiger charge is -2.22. The minimum Gasteiger partial charge on any atom is -0.489 e. The number of ether oxygens (including phenoxy) is 1. The Balaban J connectivity index is 1.45. The van der Waals surface area contributed by atoms with Crippen molar-refractivity contribution in [2.75, 3.05) is 6.54 Å². The van der Waals surface area contributed by atoms with Gasteiger partial charge in [0.1, 0.15) is 18.1 Å². The number of benzene rings is 4. The zero-order chi connectivity index (χ0) is 29.6. The van der Waals surface area contributed by atoms with Gasteiger partial charge in [-0.15, -0.1) is 0 Å². The number of rotatable bonds is 11. The largest absolute Gasteiger partial charge is 0.489 e. The van der Waals surface area contributed by atoms with Crippen LogP contribution in [-0.2, 0) is 13.2 Å². The molecule has 1 amide bonds. The molecule has 5 heteroatoms. The fourth-order valence-corrected chi connectivity index (χ4v) is 6.39. The smallest absolute Gasteiger partial charge is 0.268 e. The van der Waals surface area contributed by atoms with E-state index in [-0.39, 0.29) is 17.9 Å². The Morgan fingerprint density at radius 1 is 0.884 bits per heavy atom. The Kier molecular flexibility index (Phi) is 8.90. The summed E-state index contributed by atoms with van der Waals surface area (Å²) in [4.78, 5) is 14.1. The lowest BCUT2D eigenvalue weighted by atomic mass is 9.83. The monoisotopic (exact) mass is 571 g/mol.